The Morgan fingerprint density at radius 1 is 1.48 bits per heavy atom. The number of nitrogens with zero attached hydrogens (tertiary/aromatic N) is 1. The van der Waals surface area contributed by atoms with Gasteiger partial charge in [-0.1, -0.05) is 6.42 Å². The summed E-state index contributed by atoms with van der Waals surface area (Å²) in [7, 11) is 1.63. The molecule has 1 spiro atoms. The molecule has 0 radical (unpaired) electrons. The number of carbonyl (C=O) groups is 2. The molecule has 2 fully saturated rings. The van der Waals surface area contributed by atoms with E-state index in [0.29, 0.717) is 19.7 Å². The molecule has 5 nitrogen and oxygen atoms in total. The zero-order chi connectivity index (χ0) is 16.3. The third kappa shape index (κ3) is 3.28. The summed E-state index contributed by atoms with van der Waals surface area (Å²) >= 11 is 1.54. The summed E-state index contributed by atoms with van der Waals surface area (Å²) in [6.07, 6.45) is 3.98. The van der Waals surface area contributed by atoms with Crippen LogP contribution in [-0.4, -0.2) is 50.1 Å². The molecule has 1 saturated heterocycles. The van der Waals surface area contributed by atoms with Gasteiger partial charge in [0.2, 0.25) is 5.91 Å². The maximum Gasteiger partial charge on any atom is 0.254 e. The Bertz CT molecular complexity index is 560. The molecule has 0 unspecified atom stereocenters. The number of rotatable bonds is 5. The maximum absolute atomic E-state index is 12.6. The van der Waals surface area contributed by atoms with Crippen molar-refractivity contribution in [1.29, 1.82) is 0 Å². The Hall–Kier alpha value is -1.40. The van der Waals surface area contributed by atoms with Crippen molar-refractivity contribution in [1.82, 2.24) is 10.2 Å². The summed E-state index contributed by atoms with van der Waals surface area (Å²) in [4.78, 5) is 27.0. The topological polar surface area (TPSA) is 58.6 Å². The second-order valence-electron chi connectivity index (χ2n) is 6.58. The summed E-state index contributed by atoms with van der Waals surface area (Å²) < 4.78 is 5.00. The summed E-state index contributed by atoms with van der Waals surface area (Å²) in [5, 5.41) is 6.81. The second kappa shape index (κ2) is 7.01. The minimum absolute atomic E-state index is 0.0250. The van der Waals surface area contributed by atoms with Gasteiger partial charge in [-0.15, -0.1) is 0 Å². The summed E-state index contributed by atoms with van der Waals surface area (Å²) in [6, 6.07) is 1.88. The molecule has 1 aliphatic carbocycles. The number of thiophene rings is 1. The van der Waals surface area contributed by atoms with Gasteiger partial charge in [-0.25, -0.2) is 0 Å². The molecule has 1 N–H and O–H groups in total. The number of nitrogens with one attached hydrogen (secondary N) is 1. The van der Waals surface area contributed by atoms with E-state index in [-0.39, 0.29) is 23.1 Å². The molecule has 126 valence electrons. The lowest BCUT2D eigenvalue weighted by molar-refractivity contribution is -0.128. The molecular weight excluding hydrogens is 312 g/mol. The van der Waals surface area contributed by atoms with Crippen molar-refractivity contribution in [2.45, 2.75) is 25.7 Å². The third-order valence-electron chi connectivity index (χ3n) is 5.27. The monoisotopic (exact) mass is 336 g/mol. The lowest BCUT2D eigenvalue weighted by atomic mass is 9.76. The normalized spacial score (nSPS) is 26.8. The van der Waals surface area contributed by atoms with Crippen LogP contribution >= 0.6 is 11.3 Å². The van der Waals surface area contributed by atoms with Crippen LogP contribution in [0.4, 0.5) is 0 Å². The van der Waals surface area contributed by atoms with Crippen LogP contribution in [0.3, 0.4) is 0 Å². The highest BCUT2D eigenvalue weighted by Gasteiger charge is 2.51. The highest BCUT2D eigenvalue weighted by Crippen LogP contribution is 2.50. The molecule has 1 saturated carbocycles. The fourth-order valence-electron chi connectivity index (χ4n) is 4.07. The van der Waals surface area contributed by atoms with Crippen LogP contribution in [-0.2, 0) is 9.53 Å². The fourth-order valence-corrected chi connectivity index (χ4v) is 4.70. The third-order valence-corrected chi connectivity index (χ3v) is 5.95. The van der Waals surface area contributed by atoms with E-state index in [4.69, 9.17) is 4.74 Å². The maximum atomic E-state index is 12.6. The number of likely N-dealkylation sites (tertiary alicyclic amines) is 1. The van der Waals surface area contributed by atoms with Gasteiger partial charge in [0.1, 0.15) is 0 Å². The van der Waals surface area contributed by atoms with E-state index in [9.17, 15) is 9.59 Å². The lowest BCUT2D eigenvalue weighted by Gasteiger charge is -2.30. The molecule has 3 rings (SSSR count). The van der Waals surface area contributed by atoms with E-state index in [2.05, 4.69) is 5.32 Å². The first kappa shape index (κ1) is 16.5. The van der Waals surface area contributed by atoms with E-state index >= 15 is 0 Å². The molecule has 23 heavy (non-hydrogen) atoms. The largest absolute Gasteiger partial charge is 0.383 e. The molecule has 2 heterocycles. The molecule has 0 bridgehead atoms. The van der Waals surface area contributed by atoms with Crippen LogP contribution in [0.1, 0.15) is 36.0 Å². The zero-order valence-electron chi connectivity index (χ0n) is 13.5. The van der Waals surface area contributed by atoms with Crippen molar-refractivity contribution >= 4 is 23.2 Å². The second-order valence-corrected chi connectivity index (χ2v) is 7.36. The Labute approximate surface area is 141 Å². The number of amides is 2. The first-order valence-electron chi connectivity index (χ1n) is 8.24. The van der Waals surface area contributed by atoms with Gasteiger partial charge in [-0.3, -0.25) is 9.59 Å². The number of hydrogen-bond acceptors (Lipinski definition) is 4. The Morgan fingerprint density at radius 3 is 3.09 bits per heavy atom. The van der Waals surface area contributed by atoms with Crippen molar-refractivity contribution in [2.24, 2.45) is 11.3 Å². The number of ether oxygens (including phenoxy) is 1. The Kier molecular flexibility index (Phi) is 5.02. The predicted molar refractivity (Wildman–Crippen MR) is 89.5 cm³/mol. The number of hydrogen-bond donors (Lipinski definition) is 1. The van der Waals surface area contributed by atoms with E-state index in [0.717, 1.165) is 37.8 Å². The summed E-state index contributed by atoms with van der Waals surface area (Å²) in [6.45, 7) is 2.56. The van der Waals surface area contributed by atoms with Gasteiger partial charge in [-0.2, -0.15) is 11.3 Å². The summed E-state index contributed by atoms with van der Waals surface area (Å²) in [5.74, 6) is 0.262. The molecule has 6 heteroatoms. The molecule has 1 aromatic heterocycles. The minimum atomic E-state index is -0.0250. The van der Waals surface area contributed by atoms with Crippen LogP contribution in [0.5, 0.6) is 0 Å². The van der Waals surface area contributed by atoms with Crippen molar-refractivity contribution in [3.63, 3.8) is 0 Å². The lowest BCUT2D eigenvalue weighted by Crippen LogP contribution is -2.42. The van der Waals surface area contributed by atoms with Crippen LogP contribution in [0, 0.1) is 11.3 Å². The number of carbonyl (C=O) groups excluding carboxylic acids is 2. The SMILES string of the molecule is COCCNC(=O)[C@@H]1CCC[C@]12CCN(C(=O)c1ccsc1)C2. The fraction of sp³-hybridized carbons (Fsp3) is 0.647. The quantitative estimate of drug-likeness (QED) is 0.838. The first-order valence-corrected chi connectivity index (χ1v) is 9.19. The molecule has 0 aromatic carbocycles. The van der Waals surface area contributed by atoms with Crippen LogP contribution in [0.25, 0.3) is 0 Å². The average Bonchev–Trinajstić information content (AvgIpc) is 3.28. The van der Waals surface area contributed by atoms with E-state index in [1.165, 1.54) is 0 Å². The molecule has 2 atom stereocenters. The van der Waals surface area contributed by atoms with Gasteiger partial charge in [0.05, 0.1) is 12.2 Å². The molecular formula is C17H24N2O3S. The van der Waals surface area contributed by atoms with Crippen molar-refractivity contribution in [3.8, 4) is 0 Å². The van der Waals surface area contributed by atoms with Crippen molar-refractivity contribution < 1.29 is 14.3 Å². The Balaban J connectivity index is 1.65. The summed E-state index contributed by atoms with van der Waals surface area (Å²) in [5.41, 5.74) is 0.745. The number of methoxy groups -OCH3 is 1. The van der Waals surface area contributed by atoms with Gasteiger partial charge in [0, 0.05) is 43.5 Å². The minimum Gasteiger partial charge on any atom is -0.383 e. The van der Waals surface area contributed by atoms with Gasteiger partial charge in [0.25, 0.3) is 5.91 Å². The molecule has 1 aromatic rings. The van der Waals surface area contributed by atoms with Crippen molar-refractivity contribution in [2.75, 3.05) is 33.4 Å². The van der Waals surface area contributed by atoms with Crippen LogP contribution in [0.2, 0.25) is 0 Å². The van der Waals surface area contributed by atoms with E-state index in [1.54, 1.807) is 18.4 Å². The van der Waals surface area contributed by atoms with Gasteiger partial charge < -0.3 is 15.0 Å². The van der Waals surface area contributed by atoms with Crippen LogP contribution < -0.4 is 5.32 Å². The molecule has 2 aliphatic rings. The van der Waals surface area contributed by atoms with Crippen LogP contribution in [0.15, 0.2) is 16.8 Å². The van der Waals surface area contributed by atoms with Gasteiger partial charge >= 0.3 is 0 Å². The first-order chi connectivity index (χ1) is 11.2. The molecule has 2 amide bonds. The smallest absolute Gasteiger partial charge is 0.254 e. The van der Waals surface area contributed by atoms with E-state index in [1.807, 2.05) is 21.7 Å². The highest BCUT2D eigenvalue weighted by atomic mass is 32.1. The van der Waals surface area contributed by atoms with Crippen molar-refractivity contribution in [3.05, 3.63) is 22.4 Å². The Morgan fingerprint density at radius 2 is 2.35 bits per heavy atom. The highest BCUT2D eigenvalue weighted by molar-refractivity contribution is 7.08. The average molecular weight is 336 g/mol. The van der Waals surface area contributed by atoms with E-state index < -0.39 is 0 Å². The van der Waals surface area contributed by atoms with Gasteiger partial charge in [0.15, 0.2) is 0 Å². The standard InChI is InChI=1S/C17H24N2O3S/c1-22-9-7-18-15(20)14-3-2-5-17(14)6-8-19(12-17)16(21)13-4-10-23-11-13/h4,10-11,14H,2-3,5-9,12H2,1H3,(H,18,20)/t14-,17+/m0/s1. The molecule has 1 aliphatic heterocycles. The van der Waals surface area contributed by atoms with Gasteiger partial charge in [-0.05, 0) is 30.7 Å². The zero-order valence-corrected chi connectivity index (χ0v) is 14.4. The predicted octanol–water partition coefficient (Wildman–Crippen LogP) is 2.14.